The first-order valence-electron chi connectivity index (χ1n) is 10.6. The number of hydrogen-bond donors (Lipinski definition) is 1. The normalized spacial score (nSPS) is 15.7. The van der Waals surface area contributed by atoms with E-state index in [0.717, 1.165) is 24.0 Å². The van der Waals surface area contributed by atoms with Crippen LogP contribution in [0, 0.1) is 5.82 Å². The van der Waals surface area contributed by atoms with Gasteiger partial charge in [0.2, 0.25) is 12.7 Å². The second-order valence-corrected chi connectivity index (χ2v) is 8.58. The average molecular weight is 417 g/mol. The molecule has 3 aromatic rings. The quantitative estimate of drug-likeness (QED) is 0.553. The Kier molecular flexibility index (Phi) is 4.69. The largest absolute Gasteiger partial charge is 0.454 e. The summed E-state index contributed by atoms with van der Waals surface area (Å²) in [5.41, 5.74) is 3.39. The predicted molar refractivity (Wildman–Crippen MR) is 118 cm³/mol. The summed E-state index contributed by atoms with van der Waals surface area (Å²) < 4.78 is 25.4. The van der Waals surface area contributed by atoms with E-state index >= 15 is 0 Å². The van der Waals surface area contributed by atoms with Crippen LogP contribution >= 0.6 is 0 Å². The van der Waals surface area contributed by atoms with Crippen LogP contribution in [0.1, 0.15) is 43.7 Å². The van der Waals surface area contributed by atoms with Crippen molar-refractivity contribution in [2.75, 3.05) is 12.1 Å². The van der Waals surface area contributed by atoms with Crippen molar-refractivity contribution in [1.29, 1.82) is 0 Å². The molecule has 1 aliphatic heterocycles. The Morgan fingerprint density at radius 3 is 2.42 bits per heavy atom. The van der Waals surface area contributed by atoms with Crippen LogP contribution in [0.4, 0.5) is 10.1 Å². The molecule has 0 aromatic heterocycles. The fraction of sp³-hybridized carbons (Fsp3) is 0.269. The number of anilines is 1. The SMILES string of the molecule is CC(C)c1ccc(-c2cc(NC(=O)C3(c4ccc5c(c4)OCO5)CC3)ccc2F)cc1. The van der Waals surface area contributed by atoms with E-state index in [-0.39, 0.29) is 18.5 Å². The Morgan fingerprint density at radius 1 is 0.968 bits per heavy atom. The van der Waals surface area contributed by atoms with Gasteiger partial charge in [-0.2, -0.15) is 0 Å². The second kappa shape index (κ2) is 7.41. The van der Waals surface area contributed by atoms with E-state index in [1.807, 2.05) is 42.5 Å². The van der Waals surface area contributed by atoms with Crippen LogP contribution in [-0.4, -0.2) is 12.7 Å². The van der Waals surface area contributed by atoms with Crippen LogP contribution in [0.5, 0.6) is 11.5 Å². The number of ether oxygens (including phenoxy) is 2. The molecule has 0 saturated heterocycles. The molecule has 0 spiro atoms. The number of benzene rings is 3. The fourth-order valence-corrected chi connectivity index (χ4v) is 4.09. The summed E-state index contributed by atoms with van der Waals surface area (Å²) in [5.74, 6) is 1.39. The first-order chi connectivity index (χ1) is 15.0. The van der Waals surface area contributed by atoms with Gasteiger partial charge in [0.25, 0.3) is 0 Å². The maximum absolute atomic E-state index is 14.6. The second-order valence-electron chi connectivity index (χ2n) is 8.58. The van der Waals surface area contributed by atoms with E-state index in [9.17, 15) is 9.18 Å². The van der Waals surface area contributed by atoms with E-state index in [1.54, 1.807) is 12.1 Å². The molecule has 1 heterocycles. The van der Waals surface area contributed by atoms with Crippen molar-refractivity contribution in [3.63, 3.8) is 0 Å². The first-order valence-corrected chi connectivity index (χ1v) is 10.6. The van der Waals surface area contributed by atoms with Gasteiger partial charge in [-0.05, 0) is 65.8 Å². The van der Waals surface area contributed by atoms with Gasteiger partial charge in [0, 0.05) is 11.3 Å². The lowest BCUT2D eigenvalue weighted by Crippen LogP contribution is -2.27. The van der Waals surface area contributed by atoms with Crippen LogP contribution in [0.3, 0.4) is 0 Å². The molecular weight excluding hydrogens is 393 g/mol. The van der Waals surface area contributed by atoms with Crippen LogP contribution in [-0.2, 0) is 10.2 Å². The molecule has 0 bridgehead atoms. The molecule has 5 heteroatoms. The smallest absolute Gasteiger partial charge is 0.235 e. The van der Waals surface area contributed by atoms with Crippen LogP contribution in [0.25, 0.3) is 11.1 Å². The summed E-state index contributed by atoms with van der Waals surface area (Å²) in [6.45, 7) is 4.45. The summed E-state index contributed by atoms with van der Waals surface area (Å²) >= 11 is 0. The number of amides is 1. The van der Waals surface area contributed by atoms with E-state index in [2.05, 4.69) is 19.2 Å². The average Bonchev–Trinajstić information content (AvgIpc) is 3.46. The summed E-state index contributed by atoms with van der Waals surface area (Å²) in [4.78, 5) is 13.2. The molecule has 1 saturated carbocycles. The zero-order valence-electron chi connectivity index (χ0n) is 17.6. The number of halogens is 1. The Morgan fingerprint density at radius 2 is 1.71 bits per heavy atom. The summed E-state index contributed by atoms with van der Waals surface area (Å²) in [6, 6.07) is 18.3. The monoisotopic (exact) mass is 417 g/mol. The number of fused-ring (bicyclic) bond motifs is 1. The molecule has 158 valence electrons. The zero-order valence-corrected chi connectivity index (χ0v) is 17.6. The van der Waals surface area contributed by atoms with Gasteiger partial charge in [-0.1, -0.05) is 44.2 Å². The van der Waals surface area contributed by atoms with E-state index < -0.39 is 5.41 Å². The minimum Gasteiger partial charge on any atom is -0.454 e. The summed E-state index contributed by atoms with van der Waals surface area (Å²) in [7, 11) is 0. The Labute approximate surface area is 181 Å². The van der Waals surface area contributed by atoms with E-state index in [0.29, 0.717) is 28.7 Å². The van der Waals surface area contributed by atoms with Crippen LogP contribution in [0.15, 0.2) is 60.7 Å². The zero-order chi connectivity index (χ0) is 21.6. The summed E-state index contributed by atoms with van der Waals surface area (Å²) in [5, 5.41) is 3.00. The van der Waals surface area contributed by atoms with Crippen molar-refractivity contribution in [3.8, 4) is 22.6 Å². The van der Waals surface area contributed by atoms with Crippen molar-refractivity contribution in [2.45, 2.75) is 38.0 Å². The molecule has 3 aromatic carbocycles. The molecule has 1 amide bonds. The third-order valence-corrected chi connectivity index (χ3v) is 6.22. The van der Waals surface area contributed by atoms with Gasteiger partial charge >= 0.3 is 0 Å². The lowest BCUT2D eigenvalue weighted by atomic mass is 9.94. The molecule has 0 unspecified atom stereocenters. The highest BCUT2D eigenvalue weighted by Crippen LogP contribution is 2.51. The Bertz CT molecular complexity index is 1150. The van der Waals surface area contributed by atoms with Crippen LogP contribution in [0.2, 0.25) is 0 Å². The Balaban J connectivity index is 1.39. The fourth-order valence-electron chi connectivity index (χ4n) is 4.09. The van der Waals surface area contributed by atoms with Gasteiger partial charge in [-0.25, -0.2) is 4.39 Å². The maximum Gasteiger partial charge on any atom is 0.235 e. The van der Waals surface area contributed by atoms with Crippen molar-refractivity contribution >= 4 is 11.6 Å². The maximum atomic E-state index is 14.6. The molecule has 4 nitrogen and oxygen atoms in total. The van der Waals surface area contributed by atoms with Crippen molar-refractivity contribution in [2.24, 2.45) is 0 Å². The lowest BCUT2D eigenvalue weighted by molar-refractivity contribution is -0.118. The van der Waals surface area contributed by atoms with Gasteiger partial charge in [-0.15, -0.1) is 0 Å². The van der Waals surface area contributed by atoms with Gasteiger partial charge in [0.15, 0.2) is 11.5 Å². The number of nitrogens with one attached hydrogen (secondary N) is 1. The van der Waals surface area contributed by atoms with Crippen LogP contribution < -0.4 is 14.8 Å². The molecule has 1 fully saturated rings. The number of hydrogen-bond acceptors (Lipinski definition) is 3. The number of carbonyl (C=O) groups is 1. The van der Waals surface area contributed by atoms with Gasteiger partial charge < -0.3 is 14.8 Å². The topological polar surface area (TPSA) is 47.6 Å². The highest BCUT2D eigenvalue weighted by atomic mass is 19.1. The third-order valence-electron chi connectivity index (χ3n) is 6.22. The molecule has 2 aliphatic rings. The van der Waals surface area contributed by atoms with Gasteiger partial charge in [-0.3, -0.25) is 4.79 Å². The molecule has 1 N–H and O–H groups in total. The number of rotatable bonds is 5. The standard InChI is InChI=1S/C26H24FNO3/c1-16(2)17-3-5-18(6-4-17)21-14-20(8-9-22(21)27)28-25(29)26(11-12-26)19-7-10-23-24(13-19)31-15-30-23/h3-10,13-14,16H,11-12,15H2,1-2H3,(H,28,29). The van der Waals surface area contributed by atoms with E-state index in [4.69, 9.17) is 9.47 Å². The highest BCUT2D eigenvalue weighted by molar-refractivity contribution is 6.01. The van der Waals surface area contributed by atoms with Crippen molar-refractivity contribution < 1.29 is 18.7 Å². The number of carbonyl (C=O) groups excluding carboxylic acids is 1. The molecule has 0 atom stereocenters. The van der Waals surface area contributed by atoms with Crippen molar-refractivity contribution in [3.05, 3.63) is 77.6 Å². The van der Waals surface area contributed by atoms with E-state index in [1.165, 1.54) is 11.6 Å². The predicted octanol–water partition coefficient (Wildman–Crippen LogP) is 6.02. The Hall–Kier alpha value is -3.34. The molecule has 5 rings (SSSR count). The third kappa shape index (κ3) is 3.54. The minimum absolute atomic E-state index is 0.0842. The first kappa shape index (κ1) is 19.6. The van der Waals surface area contributed by atoms with Gasteiger partial charge in [0.1, 0.15) is 5.82 Å². The highest BCUT2D eigenvalue weighted by Gasteiger charge is 2.51. The van der Waals surface area contributed by atoms with Crippen molar-refractivity contribution in [1.82, 2.24) is 0 Å². The minimum atomic E-state index is -0.575. The molecule has 1 aliphatic carbocycles. The summed E-state index contributed by atoms with van der Waals surface area (Å²) in [6.07, 6.45) is 1.53. The van der Waals surface area contributed by atoms with Gasteiger partial charge in [0.05, 0.1) is 5.41 Å². The lowest BCUT2D eigenvalue weighted by Gasteiger charge is -2.17. The molecular formula is C26H24FNO3. The molecule has 0 radical (unpaired) electrons. The molecule has 31 heavy (non-hydrogen) atoms.